The molecular weight excluding hydrogens is 210 g/mol. The fourth-order valence-electron chi connectivity index (χ4n) is 3.06. The lowest BCUT2D eigenvalue weighted by Gasteiger charge is -2.18. The number of rotatable bonds is 4. The quantitative estimate of drug-likeness (QED) is 0.868. The Balaban J connectivity index is 2.05. The van der Waals surface area contributed by atoms with Gasteiger partial charge in [0.25, 0.3) is 0 Å². The Hall–Kier alpha value is -1.02. The van der Waals surface area contributed by atoms with Crippen molar-refractivity contribution in [3.63, 3.8) is 0 Å². The van der Waals surface area contributed by atoms with Crippen LogP contribution in [-0.2, 0) is 6.42 Å². The summed E-state index contributed by atoms with van der Waals surface area (Å²) >= 11 is 0. The zero-order valence-electron chi connectivity index (χ0n) is 10.9. The van der Waals surface area contributed by atoms with E-state index in [1.807, 2.05) is 0 Å². The van der Waals surface area contributed by atoms with E-state index in [1.54, 1.807) is 7.11 Å². The minimum Gasteiger partial charge on any atom is -0.496 e. The average Bonchev–Trinajstić information content (AvgIpc) is 2.76. The van der Waals surface area contributed by atoms with E-state index in [4.69, 9.17) is 10.5 Å². The minimum atomic E-state index is 0.734. The van der Waals surface area contributed by atoms with Crippen LogP contribution in [0.2, 0.25) is 0 Å². The number of hydrogen-bond acceptors (Lipinski definition) is 2. The molecule has 1 fully saturated rings. The summed E-state index contributed by atoms with van der Waals surface area (Å²) in [6.07, 6.45) is 5.18. The van der Waals surface area contributed by atoms with E-state index in [-0.39, 0.29) is 0 Å². The van der Waals surface area contributed by atoms with Crippen molar-refractivity contribution >= 4 is 0 Å². The number of benzene rings is 1. The molecule has 0 amide bonds. The van der Waals surface area contributed by atoms with Gasteiger partial charge in [0.05, 0.1) is 7.11 Å². The molecule has 2 nitrogen and oxygen atoms in total. The highest BCUT2D eigenvalue weighted by Crippen LogP contribution is 2.34. The second-order valence-electron chi connectivity index (χ2n) is 5.19. The van der Waals surface area contributed by atoms with Gasteiger partial charge in [-0.05, 0) is 61.8 Å². The fraction of sp³-hybridized carbons (Fsp3) is 0.600. The number of nitrogens with two attached hydrogens (primary N) is 1. The third kappa shape index (κ3) is 2.81. The third-order valence-electron chi connectivity index (χ3n) is 4.08. The first-order valence-electron chi connectivity index (χ1n) is 6.58. The molecule has 0 heterocycles. The molecule has 0 spiro atoms. The van der Waals surface area contributed by atoms with Crippen molar-refractivity contribution in [3.8, 4) is 5.75 Å². The van der Waals surface area contributed by atoms with E-state index in [1.165, 1.54) is 36.8 Å². The average molecular weight is 233 g/mol. The lowest BCUT2D eigenvalue weighted by atomic mass is 9.89. The maximum atomic E-state index is 5.83. The summed E-state index contributed by atoms with van der Waals surface area (Å²) < 4.78 is 5.29. The molecule has 1 aromatic rings. The number of ether oxygens (including phenoxy) is 1. The SMILES string of the molecule is COc1ccc(CC2CCCC2CN)cc1C. The lowest BCUT2D eigenvalue weighted by molar-refractivity contribution is 0.393. The van der Waals surface area contributed by atoms with Crippen molar-refractivity contribution < 1.29 is 4.74 Å². The molecule has 0 radical (unpaired) electrons. The van der Waals surface area contributed by atoms with E-state index < -0.39 is 0 Å². The Kier molecular flexibility index (Phi) is 4.06. The van der Waals surface area contributed by atoms with Crippen LogP contribution in [0.1, 0.15) is 30.4 Å². The van der Waals surface area contributed by atoms with Crippen LogP contribution in [0.3, 0.4) is 0 Å². The molecule has 0 saturated heterocycles. The Morgan fingerprint density at radius 1 is 1.29 bits per heavy atom. The van der Waals surface area contributed by atoms with Gasteiger partial charge in [-0.15, -0.1) is 0 Å². The molecule has 94 valence electrons. The summed E-state index contributed by atoms with van der Waals surface area (Å²) in [6, 6.07) is 6.53. The van der Waals surface area contributed by atoms with Gasteiger partial charge >= 0.3 is 0 Å². The Bertz CT molecular complexity index is 375. The predicted octanol–water partition coefficient (Wildman–Crippen LogP) is 2.92. The Labute approximate surface area is 104 Å². The summed E-state index contributed by atoms with van der Waals surface area (Å²) in [5, 5.41) is 0. The zero-order valence-corrected chi connectivity index (χ0v) is 10.9. The summed E-state index contributed by atoms with van der Waals surface area (Å²) in [5.74, 6) is 2.50. The molecule has 1 aromatic carbocycles. The zero-order chi connectivity index (χ0) is 12.3. The van der Waals surface area contributed by atoms with E-state index in [9.17, 15) is 0 Å². The maximum absolute atomic E-state index is 5.83. The van der Waals surface area contributed by atoms with Gasteiger partial charge in [-0.3, -0.25) is 0 Å². The molecule has 2 N–H and O–H groups in total. The standard InChI is InChI=1S/C15H23NO/c1-11-8-12(6-7-15(11)17-2)9-13-4-3-5-14(13)10-16/h6-8,13-14H,3-5,9-10,16H2,1-2H3. The molecule has 2 heteroatoms. The van der Waals surface area contributed by atoms with Crippen LogP contribution in [0, 0.1) is 18.8 Å². The monoisotopic (exact) mass is 233 g/mol. The van der Waals surface area contributed by atoms with E-state index in [2.05, 4.69) is 25.1 Å². The first kappa shape index (κ1) is 12.4. The maximum Gasteiger partial charge on any atom is 0.121 e. The highest BCUT2D eigenvalue weighted by molar-refractivity contribution is 5.36. The molecule has 17 heavy (non-hydrogen) atoms. The first-order valence-corrected chi connectivity index (χ1v) is 6.58. The highest BCUT2D eigenvalue weighted by atomic mass is 16.5. The molecule has 2 atom stereocenters. The second-order valence-corrected chi connectivity index (χ2v) is 5.19. The van der Waals surface area contributed by atoms with E-state index in [0.29, 0.717) is 0 Å². The first-order chi connectivity index (χ1) is 8.24. The summed E-state index contributed by atoms with van der Waals surface area (Å²) in [7, 11) is 1.73. The number of aryl methyl sites for hydroxylation is 1. The van der Waals surface area contributed by atoms with Crippen LogP contribution in [-0.4, -0.2) is 13.7 Å². The summed E-state index contributed by atoms with van der Waals surface area (Å²) in [4.78, 5) is 0. The second kappa shape index (κ2) is 5.54. The topological polar surface area (TPSA) is 35.2 Å². The van der Waals surface area contributed by atoms with Gasteiger partial charge in [-0.1, -0.05) is 18.6 Å². The molecule has 1 aliphatic carbocycles. The summed E-state index contributed by atoms with van der Waals surface area (Å²) in [6.45, 7) is 2.96. The molecular formula is C15H23NO. The molecule has 2 unspecified atom stereocenters. The van der Waals surface area contributed by atoms with E-state index in [0.717, 1.165) is 24.1 Å². The van der Waals surface area contributed by atoms with Crippen LogP contribution in [0.15, 0.2) is 18.2 Å². The predicted molar refractivity (Wildman–Crippen MR) is 71.3 cm³/mol. The normalized spacial score (nSPS) is 23.9. The fourth-order valence-corrected chi connectivity index (χ4v) is 3.06. The van der Waals surface area contributed by atoms with Crippen molar-refractivity contribution in [2.75, 3.05) is 13.7 Å². The van der Waals surface area contributed by atoms with Crippen molar-refractivity contribution in [1.29, 1.82) is 0 Å². The van der Waals surface area contributed by atoms with Crippen LogP contribution < -0.4 is 10.5 Å². The van der Waals surface area contributed by atoms with Crippen LogP contribution in [0.4, 0.5) is 0 Å². The van der Waals surface area contributed by atoms with Gasteiger partial charge in [0.2, 0.25) is 0 Å². The molecule has 1 aliphatic rings. The molecule has 0 aromatic heterocycles. The molecule has 0 aliphatic heterocycles. The Morgan fingerprint density at radius 3 is 2.71 bits per heavy atom. The highest BCUT2D eigenvalue weighted by Gasteiger charge is 2.25. The molecule has 0 bridgehead atoms. The van der Waals surface area contributed by atoms with Crippen molar-refractivity contribution in [3.05, 3.63) is 29.3 Å². The van der Waals surface area contributed by atoms with Gasteiger partial charge in [0.1, 0.15) is 5.75 Å². The van der Waals surface area contributed by atoms with Gasteiger partial charge in [-0.25, -0.2) is 0 Å². The third-order valence-corrected chi connectivity index (χ3v) is 4.08. The van der Waals surface area contributed by atoms with Gasteiger partial charge in [0.15, 0.2) is 0 Å². The van der Waals surface area contributed by atoms with Crippen molar-refractivity contribution in [2.45, 2.75) is 32.6 Å². The van der Waals surface area contributed by atoms with Crippen LogP contribution >= 0.6 is 0 Å². The van der Waals surface area contributed by atoms with Crippen LogP contribution in [0.5, 0.6) is 5.75 Å². The van der Waals surface area contributed by atoms with Crippen LogP contribution in [0.25, 0.3) is 0 Å². The smallest absolute Gasteiger partial charge is 0.121 e. The van der Waals surface area contributed by atoms with Gasteiger partial charge in [0, 0.05) is 0 Å². The van der Waals surface area contributed by atoms with E-state index >= 15 is 0 Å². The van der Waals surface area contributed by atoms with Gasteiger partial charge < -0.3 is 10.5 Å². The minimum absolute atomic E-state index is 0.734. The molecule has 1 saturated carbocycles. The van der Waals surface area contributed by atoms with Gasteiger partial charge in [-0.2, -0.15) is 0 Å². The summed E-state index contributed by atoms with van der Waals surface area (Å²) in [5.41, 5.74) is 8.49. The largest absolute Gasteiger partial charge is 0.496 e. The molecule has 2 rings (SSSR count). The van der Waals surface area contributed by atoms with Crippen molar-refractivity contribution in [1.82, 2.24) is 0 Å². The Morgan fingerprint density at radius 2 is 2.06 bits per heavy atom. The number of hydrogen-bond donors (Lipinski definition) is 1. The number of methoxy groups -OCH3 is 1. The van der Waals surface area contributed by atoms with Crippen molar-refractivity contribution in [2.24, 2.45) is 17.6 Å². The lowest BCUT2D eigenvalue weighted by Crippen LogP contribution is -2.20.